The summed E-state index contributed by atoms with van der Waals surface area (Å²) in [6.45, 7) is 13.8. The van der Waals surface area contributed by atoms with Crippen LogP contribution in [-0.2, 0) is 11.2 Å². The van der Waals surface area contributed by atoms with Crippen molar-refractivity contribution >= 4 is 28.8 Å². The van der Waals surface area contributed by atoms with Gasteiger partial charge in [0.1, 0.15) is 5.60 Å². The highest BCUT2D eigenvalue weighted by Crippen LogP contribution is 2.21. The fourth-order valence-corrected chi connectivity index (χ4v) is 3.64. The first kappa shape index (κ1) is 22.5. The Morgan fingerprint density at radius 3 is 2.55 bits per heavy atom. The van der Waals surface area contributed by atoms with Crippen molar-refractivity contribution in [2.75, 3.05) is 31.1 Å². The Labute approximate surface area is 183 Å². The van der Waals surface area contributed by atoms with Gasteiger partial charge in [-0.25, -0.2) is 4.79 Å². The number of hydrogen-bond acceptors (Lipinski definition) is 5. The van der Waals surface area contributed by atoms with Crippen LogP contribution in [0.2, 0.25) is 0 Å². The summed E-state index contributed by atoms with van der Waals surface area (Å²) in [7, 11) is 0. The largest absolute Gasteiger partial charge is 0.444 e. The number of amides is 1. The normalized spacial score (nSPS) is 14.8. The fraction of sp³-hybridized carbons (Fsp3) is 0.400. The SMILES string of the molecule is C=C/C=C\c1c(CC)ccc2ncc(N3CCN(C(=O)OC(C)(C)C)CC3)cc2c1=O. The zero-order valence-corrected chi connectivity index (χ0v) is 18.9. The number of rotatable bonds is 4. The van der Waals surface area contributed by atoms with Crippen molar-refractivity contribution in [2.45, 2.75) is 39.7 Å². The Bertz CT molecular complexity index is 1060. The number of pyridine rings is 1. The first-order valence-corrected chi connectivity index (χ1v) is 10.7. The first-order valence-electron chi connectivity index (χ1n) is 10.7. The van der Waals surface area contributed by atoms with Crippen LogP contribution in [0, 0.1) is 0 Å². The molecule has 0 atom stereocenters. The van der Waals surface area contributed by atoms with E-state index in [0.717, 1.165) is 17.7 Å². The second-order valence-electron chi connectivity index (χ2n) is 8.63. The van der Waals surface area contributed by atoms with Crippen LogP contribution in [0.25, 0.3) is 17.0 Å². The topological polar surface area (TPSA) is 62.7 Å². The maximum absolute atomic E-state index is 13.3. The standard InChI is InChI=1S/C25H31N3O3/c1-6-8-9-20-18(7-2)10-11-22-21(23(20)29)16-19(17-26-22)27-12-14-28(15-13-27)24(30)31-25(3,4)5/h6,8-11,16-17H,1,7,12-15H2,2-5H3/b9-8-. The average Bonchev–Trinajstić information content (AvgIpc) is 2.87. The summed E-state index contributed by atoms with van der Waals surface area (Å²) in [6, 6.07) is 5.79. The monoisotopic (exact) mass is 421 g/mol. The Balaban J connectivity index is 1.89. The van der Waals surface area contributed by atoms with Crippen LogP contribution in [0.4, 0.5) is 10.5 Å². The lowest BCUT2D eigenvalue weighted by molar-refractivity contribution is 0.0240. The van der Waals surface area contributed by atoms with E-state index in [-0.39, 0.29) is 11.5 Å². The zero-order chi connectivity index (χ0) is 22.6. The molecule has 0 radical (unpaired) electrons. The van der Waals surface area contributed by atoms with Gasteiger partial charge >= 0.3 is 6.09 Å². The van der Waals surface area contributed by atoms with E-state index in [9.17, 15) is 9.59 Å². The summed E-state index contributed by atoms with van der Waals surface area (Å²) in [5, 5.41) is 0.593. The summed E-state index contributed by atoms with van der Waals surface area (Å²) in [4.78, 5) is 34.1. The molecule has 0 N–H and O–H groups in total. The molecule has 31 heavy (non-hydrogen) atoms. The molecule has 0 unspecified atom stereocenters. The van der Waals surface area contributed by atoms with Gasteiger partial charge in [-0.05, 0) is 44.9 Å². The molecular formula is C25H31N3O3. The molecule has 1 aliphatic rings. The highest BCUT2D eigenvalue weighted by Gasteiger charge is 2.26. The number of aromatic nitrogens is 1. The highest BCUT2D eigenvalue weighted by atomic mass is 16.6. The number of hydrogen-bond donors (Lipinski definition) is 0. The van der Waals surface area contributed by atoms with Crippen molar-refractivity contribution in [3.05, 3.63) is 64.5 Å². The number of carbonyl (C=O) groups excluding carboxylic acids is 1. The number of carbonyl (C=O) groups is 1. The van der Waals surface area contributed by atoms with Crippen LogP contribution in [0.5, 0.6) is 0 Å². The summed E-state index contributed by atoms with van der Waals surface area (Å²) < 4.78 is 5.47. The van der Waals surface area contributed by atoms with Gasteiger partial charge < -0.3 is 14.5 Å². The highest BCUT2D eigenvalue weighted by molar-refractivity contribution is 5.83. The van der Waals surface area contributed by atoms with Crippen LogP contribution in [0.15, 0.2) is 47.9 Å². The zero-order valence-electron chi connectivity index (χ0n) is 18.9. The van der Waals surface area contributed by atoms with Gasteiger partial charge in [0.2, 0.25) is 0 Å². The molecule has 0 aliphatic carbocycles. The minimum absolute atomic E-state index is 0.0308. The van der Waals surface area contributed by atoms with Gasteiger partial charge in [0, 0.05) is 31.7 Å². The summed E-state index contributed by atoms with van der Waals surface area (Å²) in [6.07, 6.45) is 7.54. The lowest BCUT2D eigenvalue weighted by Gasteiger charge is -2.36. The van der Waals surface area contributed by atoms with Gasteiger partial charge in [0.05, 0.1) is 22.8 Å². The average molecular weight is 422 g/mol. The lowest BCUT2D eigenvalue weighted by atomic mass is 10.1. The van der Waals surface area contributed by atoms with Gasteiger partial charge in [0.25, 0.3) is 0 Å². The number of anilines is 1. The molecule has 2 aromatic rings. The molecule has 6 nitrogen and oxygen atoms in total. The van der Waals surface area contributed by atoms with Crippen molar-refractivity contribution in [3.63, 3.8) is 0 Å². The third-order valence-electron chi connectivity index (χ3n) is 5.26. The summed E-state index contributed by atoms with van der Waals surface area (Å²) in [5.74, 6) is 0. The Morgan fingerprint density at radius 1 is 1.23 bits per heavy atom. The van der Waals surface area contributed by atoms with Gasteiger partial charge in [-0.2, -0.15) is 0 Å². The van der Waals surface area contributed by atoms with E-state index in [0.29, 0.717) is 42.6 Å². The van der Waals surface area contributed by atoms with Crippen LogP contribution in [0.1, 0.15) is 38.8 Å². The van der Waals surface area contributed by atoms with Crippen molar-refractivity contribution in [2.24, 2.45) is 0 Å². The predicted molar refractivity (Wildman–Crippen MR) is 127 cm³/mol. The molecule has 1 saturated heterocycles. The molecule has 1 aromatic carbocycles. The second kappa shape index (κ2) is 9.33. The summed E-state index contributed by atoms with van der Waals surface area (Å²) >= 11 is 0. The molecule has 1 fully saturated rings. The molecular weight excluding hydrogens is 390 g/mol. The van der Waals surface area contributed by atoms with E-state index >= 15 is 0 Å². The molecule has 0 spiro atoms. The number of allylic oxidation sites excluding steroid dienone is 2. The van der Waals surface area contributed by atoms with Crippen molar-refractivity contribution in [1.29, 1.82) is 0 Å². The van der Waals surface area contributed by atoms with Crippen molar-refractivity contribution in [1.82, 2.24) is 9.88 Å². The van der Waals surface area contributed by atoms with Crippen molar-refractivity contribution < 1.29 is 9.53 Å². The second-order valence-corrected chi connectivity index (χ2v) is 8.63. The van der Waals surface area contributed by atoms with E-state index in [1.54, 1.807) is 23.2 Å². The molecule has 1 aliphatic heterocycles. The molecule has 1 amide bonds. The van der Waals surface area contributed by atoms with Crippen LogP contribution >= 0.6 is 0 Å². The van der Waals surface area contributed by atoms with E-state index in [4.69, 9.17) is 4.74 Å². The van der Waals surface area contributed by atoms with E-state index in [1.165, 1.54) is 0 Å². The third-order valence-corrected chi connectivity index (χ3v) is 5.26. The van der Waals surface area contributed by atoms with Crippen LogP contribution in [0.3, 0.4) is 0 Å². The predicted octanol–water partition coefficient (Wildman–Crippen LogP) is 4.41. The molecule has 6 heteroatoms. The molecule has 3 rings (SSSR count). The van der Waals surface area contributed by atoms with E-state index in [1.807, 2.05) is 52.0 Å². The number of fused-ring (bicyclic) bond motifs is 1. The number of ether oxygens (including phenoxy) is 1. The van der Waals surface area contributed by atoms with Gasteiger partial charge in [-0.1, -0.05) is 37.8 Å². The molecule has 1 aromatic heterocycles. The lowest BCUT2D eigenvalue weighted by Crippen LogP contribution is -2.50. The smallest absolute Gasteiger partial charge is 0.410 e. The van der Waals surface area contributed by atoms with E-state index in [2.05, 4.69) is 16.5 Å². The maximum atomic E-state index is 13.3. The number of aryl methyl sites for hydroxylation is 1. The molecule has 0 bridgehead atoms. The quantitative estimate of drug-likeness (QED) is 0.684. The molecule has 2 heterocycles. The van der Waals surface area contributed by atoms with Gasteiger partial charge in [0.15, 0.2) is 5.43 Å². The van der Waals surface area contributed by atoms with Crippen molar-refractivity contribution in [3.8, 4) is 0 Å². The Morgan fingerprint density at radius 2 is 1.94 bits per heavy atom. The third kappa shape index (κ3) is 5.32. The maximum Gasteiger partial charge on any atom is 0.410 e. The Kier molecular flexibility index (Phi) is 6.78. The minimum Gasteiger partial charge on any atom is -0.444 e. The number of nitrogens with zero attached hydrogens (tertiary/aromatic N) is 3. The van der Waals surface area contributed by atoms with Gasteiger partial charge in [-0.3, -0.25) is 9.78 Å². The minimum atomic E-state index is -0.508. The van der Waals surface area contributed by atoms with Crippen LogP contribution in [-0.4, -0.2) is 47.8 Å². The first-order chi connectivity index (χ1) is 14.7. The summed E-state index contributed by atoms with van der Waals surface area (Å²) in [5.41, 5.74) is 2.67. The molecule has 0 saturated carbocycles. The number of piperazine rings is 1. The Hall–Kier alpha value is -3.15. The fourth-order valence-electron chi connectivity index (χ4n) is 3.64. The molecule has 164 valence electrons. The van der Waals surface area contributed by atoms with Gasteiger partial charge in [-0.15, -0.1) is 0 Å². The van der Waals surface area contributed by atoms with E-state index < -0.39 is 5.60 Å². The van der Waals surface area contributed by atoms with Crippen LogP contribution < -0.4 is 10.3 Å².